The summed E-state index contributed by atoms with van der Waals surface area (Å²) in [5.74, 6) is -0.669. The molecular formula is C23H24N2O5S2. The number of sulfonamides is 1. The lowest BCUT2D eigenvalue weighted by Crippen LogP contribution is -2.52. The second-order valence-electron chi connectivity index (χ2n) is 7.56. The van der Waals surface area contributed by atoms with E-state index in [1.54, 1.807) is 28.9 Å². The number of rotatable bonds is 6. The quantitative estimate of drug-likeness (QED) is 0.424. The highest BCUT2D eigenvalue weighted by molar-refractivity contribution is 7.89. The van der Waals surface area contributed by atoms with Crippen molar-refractivity contribution in [2.45, 2.75) is 29.7 Å². The monoisotopic (exact) mass is 472 g/mol. The molecule has 0 fully saturated rings. The molecule has 4 rings (SSSR count). The van der Waals surface area contributed by atoms with Crippen LogP contribution in [0.2, 0.25) is 0 Å². The Hall–Kier alpha value is -2.72. The first-order valence-corrected chi connectivity index (χ1v) is 12.5. The average Bonchev–Trinajstić information content (AvgIpc) is 3.23. The van der Waals surface area contributed by atoms with Crippen molar-refractivity contribution in [3.8, 4) is 5.75 Å². The van der Waals surface area contributed by atoms with Gasteiger partial charge in [0.25, 0.3) is 5.91 Å². The standard InChI is InChI=1S/C23H24N2O5S2/c1-30-17-7-9-18(10-8-17)32(28,29)25-13-11-21-19(12-14-31-21)20(22(25)23(26)24-27)15-16-5-3-2-4-6-16/h2-10,12,14,20,22,27H,11,13,15H2,1H3,(H,24,26)/t20-,22-/m0/s1. The fourth-order valence-corrected chi connectivity index (χ4v) is 6.80. The first-order chi connectivity index (χ1) is 15.5. The van der Waals surface area contributed by atoms with Crippen molar-refractivity contribution >= 4 is 27.3 Å². The number of hydrogen-bond acceptors (Lipinski definition) is 6. The van der Waals surface area contributed by atoms with Gasteiger partial charge in [0.05, 0.1) is 12.0 Å². The van der Waals surface area contributed by atoms with Crippen molar-refractivity contribution in [2.75, 3.05) is 13.7 Å². The van der Waals surface area contributed by atoms with Crippen LogP contribution in [-0.4, -0.2) is 43.5 Å². The highest BCUT2D eigenvalue weighted by Crippen LogP contribution is 2.38. The van der Waals surface area contributed by atoms with Crippen LogP contribution >= 0.6 is 11.3 Å². The minimum Gasteiger partial charge on any atom is -0.497 e. The number of nitrogens with one attached hydrogen (secondary N) is 1. The Bertz CT molecular complexity index is 1180. The molecule has 1 aliphatic heterocycles. The lowest BCUT2D eigenvalue weighted by molar-refractivity contribution is -0.133. The first kappa shape index (κ1) is 22.5. The maximum atomic E-state index is 13.7. The average molecular weight is 473 g/mol. The van der Waals surface area contributed by atoms with E-state index in [0.717, 1.165) is 16.0 Å². The maximum absolute atomic E-state index is 13.7. The van der Waals surface area contributed by atoms with E-state index >= 15 is 0 Å². The van der Waals surface area contributed by atoms with Crippen molar-refractivity contribution in [3.63, 3.8) is 0 Å². The fraction of sp³-hybridized carbons (Fsp3) is 0.261. The van der Waals surface area contributed by atoms with Crippen molar-refractivity contribution in [1.29, 1.82) is 0 Å². The van der Waals surface area contributed by atoms with Gasteiger partial charge >= 0.3 is 0 Å². The van der Waals surface area contributed by atoms with E-state index in [1.165, 1.54) is 23.5 Å². The van der Waals surface area contributed by atoms with Crippen molar-refractivity contribution in [2.24, 2.45) is 0 Å². The largest absolute Gasteiger partial charge is 0.497 e. The Morgan fingerprint density at radius 2 is 1.88 bits per heavy atom. The zero-order valence-corrected chi connectivity index (χ0v) is 19.1. The number of ether oxygens (including phenoxy) is 1. The lowest BCUT2D eigenvalue weighted by Gasteiger charge is -2.33. The molecule has 2 heterocycles. The zero-order chi connectivity index (χ0) is 22.7. The molecule has 2 N–H and O–H groups in total. The van der Waals surface area contributed by atoms with Gasteiger partial charge in [-0.1, -0.05) is 30.3 Å². The Labute approximate surface area is 191 Å². The van der Waals surface area contributed by atoms with E-state index in [1.807, 2.05) is 41.8 Å². The summed E-state index contributed by atoms with van der Waals surface area (Å²) in [6.07, 6.45) is 0.945. The topological polar surface area (TPSA) is 95.9 Å². The third-order valence-corrected chi connectivity index (χ3v) is 8.66. The van der Waals surface area contributed by atoms with Crippen LogP contribution in [0.1, 0.15) is 21.9 Å². The molecule has 0 spiro atoms. The van der Waals surface area contributed by atoms with Gasteiger partial charge in [-0.05, 0) is 59.7 Å². The molecule has 0 saturated heterocycles. The van der Waals surface area contributed by atoms with Crippen LogP contribution < -0.4 is 10.2 Å². The summed E-state index contributed by atoms with van der Waals surface area (Å²) in [7, 11) is -2.52. The predicted octanol–water partition coefficient (Wildman–Crippen LogP) is 3.20. The van der Waals surface area contributed by atoms with E-state index in [4.69, 9.17) is 4.74 Å². The molecule has 1 amide bonds. The smallest absolute Gasteiger partial charge is 0.262 e. The third-order valence-electron chi connectivity index (χ3n) is 5.77. The Kier molecular flexibility index (Phi) is 6.61. The molecule has 1 aliphatic rings. The van der Waals surface area contributed by atoms with Gasteiger partial charge in [-0.2, -0.15) is 4.31 Å². The Morgan fingerprint density at radius 1 is 1.16 bits per heavy atom. The maximum Gasteiger partial charge on any atom is 0.262 e. The first-order valence-electron chi connectivity index (χ1n) is 10.2. The summed E-state index contributed by atoms with van der Waals surface area (Å²) in [5.41, 5.74) is 3.64. The highest BCUT2D eigenvalue weighted by Gasteiger charge is 2.44. The number of amides is 1. The summed E-state index contributed by atoms with van der Waals surface area (Å²) in [5, 5.41) is 11.5. The molecule has 2 atom stereocenters. The number of carbonyl (C=O) groups excluding carboxylic acids is 1. The van der Waals surface area contributed by atoms with E-state index in [-0.39, 0.29) is 11.4 Å². The van der Waals surface area contributed by atoms with Gasteiger partial charge < -0.3 is 4.74 Å². The van der Waals surface area contributed by atoms with Crippen LogP contribution in [0.5, 0.6) is 5.75 Å². The molecule has 32 heavy (non-hydrogen) atoms. The van der Waals surface area contributed by atoms with Gasteiger partial charge in [-0.25, -0.2) is 13.9 Å². The van der Waals surface area contributed by atoms with Crippen LogP contribution in [0.15, 0.2) is 70.9 Å². The molecular weight excluding hydrogens is 448 g/mol. The van der Waals surface area contributed by atoms with Crippen LogP contribution in [-0.2, 0) is 27.7 Å². The van der Waals surface area contributed by atoms with Crippen molar-refractivity contribution in [3.05, 3.63) is 82.0 Å². The number of thiophene rings is 1. The highest BCUT2D eigenvalue weighted by atomic mass is 32.2. The molecule has 3 aromatic rings. The number of hydroxylamine groups is 1. The molecule has 168 valence electrons. The minimum absolute atomic E-state index is 0.0674. The number of fused-ring (bicyclic) bond motifs is 1. The van der Waals surface area contributed by atoms with E-state index < -0.39 is 27.9 Å². The van der Waals surface area contributed by atoms with Gasteiger partial charge in [-0.3, -0.25) is 10.0 Å². The number of hydrogen-bond donors (Lipinski definition) is 2. The molecule has 9 heteroatoms. The molecule has 0 radical (unpaired) electrons. The number of carbonyl (C=O) groups is 1. The van der Waals surface area contributed by atoms with Gasteiger partial charge in [0.1, 0.15) is 11.8 Å². The van der Waals surface area contributed by atoms with Gasteiger partial charge in [-0.15, -0.1) is 11.3 Å². The van der Waals surface area contributed by atoms with E-state index in [2.05, 4.69) is 0 Å². The number of methoxy groups -OCH3 is 1. The zero-order valence-electron chi connectivity index (χ0n) is 17.5. The normalized spacial score (nSPS) is 19.1. The third kappa shape index (κ3) is 4.29. The molecule has 0 aliphatic carbocycles. The van der Waals surface area contributed by atoms with Gasteiger partial charge in [0.2, 0.25) is 10.0 Å². The van der Waals surface area contributed by atoms with Crippen LogP contribution in [0, 0.1) is 0 Å². The second-order valence-corrected chi connectivity index (χ2v) is 10.4. The SMILES string of the molecule is COc1ccc(S(=O)(=O)N2CCc3sccc3[C@H](Cc3ccccc3)[C@H]2C(=O)NO)cc1. The van der Waals surface area contributed by atoms with Gasteiger partial charge in [0.15, 0.2) is 0 Å². The lowest BCUT2D eigenvalue weighted by atomic mass is 9.86. The fourth-order valence-electron chi connectivity index (χ4n) is 4.23. The number of nitrogens with zero attached hydrogens (tertiary/aromatic N) is 1. The van der Waals surface area contributed by atoms with Crippen LogP contribution in [0.4, 0.5) is 0 Å². The van der Waals surface area contributed by atoms with Crippen LogP contribution in [0.25, 0.3) is 0 Å². The summed E-state index contributed by atoms with van der Waals surface area (Å²) < 4.78 is 33.7. The summed E-state index contributed by atoms with van der Waals surface area (Å²) in [6.45, 7) is 0.130. The predicted molar refractivity (Wildman–Crippen MR) is 122 cm³/mol. The molecule has 0 saturated carbocycles. The number of benzene rings is 2. The molecule has 2 aromatic carbocycles. The summed E-state index contributed by atoms with van der Waals surface area (Å²) in [6, 6.07) is 16.6. The van der Waals surface area contributed by atoms with E-state index in [0.29, 0.717) is 18.6 Å². The molecule has 0 unspecified atom stereocenters. The Morgan fingerprint density at radius 3 is 2.53 bits per heavy atom. The molecule has 7 nitrogen and oxygen atoms in total. The molecule has 0 bridgehead atoms. The van der Waals surface area contributed by atoms with Crippen LogP contribution in [0.3, 0.4) is 0 Å². The minimum atomic E-state index is -4.02. The van der Waals surface area contributed by atoms with Crippen molar-refractivity contribution in [1.82, 2.24) is 9.79 Å². The second kappa shape index (κ2) is 9.41. The molecule has 1 aromatic heterocycles. The Balaban J connectivity index is 1.81. The summed E-state index contributed by atoms with van der Waals surface area (Å²) in [4.78, 5) is 14.1. The summed E-state index contributed by atoms with van der Waals surface area (Å²) >= 11 is 1.56. The van der Waals surface area contributed by atoms with Gasteiger partial charge in [0, 0.05) is 17.3 Å². The van der Waals surface area contributed by atoms with E-state index in [9.17, 15) is 18.4 Å². The van der Waals surface area contributed by atoms with Crippen molar-refractivity contribution < 1.29 is 23.2 Å².